The third-order valence-corrected chi connectivity index (χ3v) is 2.29. The molecule has 0 heterocycles. The highest BCUT2D eigenvalue weighted by Gasteiger charge is 2.32. The number of carbonyl (C=O) groups excluding carboxylic acids is 1. The van der Waals surface area contributed by atoms with Gasteiger partial charge in [0.2, 0.25) is 0 Å². The van der Waals surface area contributed by atoms with Crippen molar-refractivity contribution in [1.29, 1.82) is 0 Å². The zero-order valence-corrected chi connectivity index (χ0v) is 9.86. The Bertz CT molecular complexity index is 499. The van der Waals surface area contributed by atoms with Crippen LogP contribution in [0.3, 0.4) is 0 Å². The van der Waals surface area contributed by atoms with Crippen molar-refractivity contribution in [3.8, 4) is 0 Å². The molecule has 0 aliphatic heterocycles. The Morgan fingerprint density at radius 3 is 2.53 bits per heavy atom. The number of rotatable bonds is 4. The predicted molar refractivity (Wildman–Crippen MR) is 58.4 cm³/mol. The van der Waals surface area contributed by atoms with Crippen LogP contribution in [-0.2, 0) is 22.1 Å². The molecule has 0 saturated heterocycles. The zero-order valence-electron chi connectivity index (χ0n) is 9.86. The third kappa shape index (κ3) is 4.23. The molecule has 19 heavy (non-hydrogen) atoms. The van der Waals surface area contributed by atoms with E-state index >= 15 is 0 Å². The molecule has 0 atom stereocenters. The average Bonchev–Trinajstić information content (AvgIpc) is 2.27. The molecule has 0 aliphatic rings. The lowest BCUT2D eigenvalue weighted by Gasteiger charge is -2.08. The fraction of sp³-hybridized carbons (Fsp3) is 0.364. The minimum absolute atomic E-state index is 0.0198. The summed E-state index contributed by atoms with van der Waals surface area (Å²) in [6.07, 6.45) is -4.66. The number of ether oxygens (including phenoxy) is 1. The number of nitro benzene ring substituents is 1. The van der Waals surface area contributed by atoms with Gasteiger partial charge in [0, 0.05) is 25.0 Å². The molecule has 1 aromatic rings. The first kappa shape index (κ1) is 14.9. The second-order valence-corrected chi connectivity index (χ2v) is 3.69. The zero-order chi connectivity index (χ0) is 14.6. The first-order valence-electron chi connectivity index (χ1n) is 5.19. The minimum Gasteiger partial charge on any atom is -0.466 e. The standard InChI is InChI=1S/C11H10F3NO4/c1-7(16)19-5-4-8-2-3-9(11(12,13)14)6-10(8)15(17)18/h2-3,6H,4-5H2,1H3. The molecule has 0 saturated carbocycles. The largest absolute Gasteiger partial charge is 0.466 e. The SMILES string of the molecule is CC(=O)OCCc1ccc(C(F)(F)F)cc1[N+](=O)[O-]. The molecular formula is C11H10F3NO4. The highest BCUT2D eigenvalue weighted by Crippen LogP contribution is 2.33. The molecule has 0 spiro atoms. The first-order chi connectivity index (χ1) is 8.71. The Morgan fingerprint density at radius 1 is 1.42 bits per heavy atom. The van der Waals surface area contributed by atoms with Gasteiger partial charge in [-0.15, -0.1) is 0 Å². The molecule has 0 fully saturated rings. The number of nitrogens with zero attached hydrogens (tertiary/aromatic N) is 1. The molecule has 104 valence electrons. The van der Waals surface area contributed by atoms with Crippen LogP contribution in [0.1, 0.15) is 18.1 Å². The molecule has 0 bridgehead atoms. The Kier molecular flexibility index (Phi) is 4.47. The van der Waals surface area contributed by atoms with E-state index in [1.165, 1.54) is 6.92 Å². The molecule has 0 radical (unpaired) electrons. The van der Waals surface area contributed by atoms with Crippen molar-refractivity contribution in [1.82, 2.24) is 0 Å². The summed E-state index contributed by atoms with van der Waals surface area (Å²) < 4.78 is 41.9. The Hall–Kier alpha value is -2.12. The second-order valence-electron chi connectivity index (χ2n) is 3.69. The van der Waals surface area contributed by atoms with E-state index in [9.17, 15) is 28.1 Å². The van der Waals surface area contributed by atoms with Crippen LogP contribution in [-0.4, -0.2) is 17.5 Å². The van der Waals surface area contributed by atoms with E-state index in [1.807, 2.05) is 0 Å². The van der Waals surface area contributed by atoms with Crippen LogP contribution >= 0.6 is 0 Å². The van der Waals surface area contributed by atoms with E-state index < -0.39 is 28.3 Å². The van der Waals surface area contributed by atoms with E-state index in [4.69, 9.17) is 0 Å². The molecule has 0 aliphatic carbocycles. The van der Waals surface area contributed by atoms with Crippen molar-refractivity contribution in [3.63, 3.8) is 0 Å². The smallest absolute Gasteiger partial charge is 0.416 e. The van der Waals surface area contributed by atoms with Gasteiger partial charge in [-0.25, -0.2) is 0 Å². The Balaban J connectivity index is 2.99. The number of hydrogen-bond acceptors (Lipinski definition) is 4. The third-order valence-electron chi connectivity index (χ3n) is 2.29. The van der Waals surface area contributed by atoms with Gasteiger partial charge < -0.3 is 4.74 Å². The van der Waals surface area contributed by atoms with Gasteiger partial charge in [0.15, 0.2) is 0 Å². The highest BCUT2D eigenvalue weighted by atomic mass is 19.4. The maximum Gasteiger partial charge on any atom is 0.416 e. The van der Waals surface area contributed by atoms with Crippen LogP contribution in [0.4, 0.5) is 18.9 Å². The van der Waals surface area contributed by atoms with E-state index in [2.05, 4.69) is 4.74 Å². The number of nitro groups is 1. The van der Waals surface area contributed by atoms with Crippen molar-refractivity contribution in [3.05, 3.63) is 39.4 Å². The van der Waals surface area contributed by atoms with Crippen LogP contribution in [0.15, 0.2) is 18.2 Å². The van der Waals surface area contributed by atoms with Gasteiger partial charge in [-0.1, -0.05) is 6.07 Å². The van der Waals surface area contributed by atoms with Gasteiger partial charge >= 0.3 is 12.1 Å². The van der Waals surface area contributed by atoms with Crippen LogP contribution < -0.4 is 0 Å². The number of esters is 1. The highest BCUT2D eigenvalue weighted by molar-refractivity contribution is 5.65. The monoisotopic (exact) mass is 277 g/mol. The van der Waals surface area contributed by atoms with Gasteiger partial charge in [-0.2, -0.15) is 13.2 Å². The Labute approximate surface area is 106 Å². The summed E-state index contributed by atoms with van der Waals surface area (Å²) in [4.78, 5) is 20.4. The van der Waals surface area contributed by atoms with Crippen LogP contribution in [0, 0.1) is 10.1 Å². The number of hydrogen-bond donors (Lipinski definition) is 0. The van der Waals surface area contributed by atoms with Crippen molar-refractivity contribution >= 4 is 11.7 Å². The van der Waals surface area contributed by atoms with E-state index in [-0.39, 0.29) is 18.6 Å². The van der Waals surface area contributed by atoms with E-state index in [0.29, 0.717) is 6.07 Å². The number of benzene rings is 1. The summed E-state index contributed by atoms with van der Waals surface area (Å²) in [5, 5.41) is 10.7. The quantitative estimate of drug-likeness (QED) is 0.482. The van der Waals surface area contributed by atoms with E-state index in [1.54, 1.807) is 0 Å². The maximum absolute atomic E-state index is 12.4. The fourth-order valence-corrected chi connectivity index (χ4v) is 1.43. The lowest BCUT2D eigenvalue weighted by molar-refractivity contribution is -0.385. The van der Waals surface area contributed by atoms with Gasteiger partial charge in [-0.05, 0) is 6.07 Å². The molecule has 1 aromatic carbocycles. The molecule has 0 aromatic heterocycles. The molecular weight excluding hydrogens is 267 g/mol. The van der Waals surface area contributed by atoms with Gasteiger partial charge in [0.05, 0.1) is 17.1 Å². The van der Waals surface area contributed by atoms with Crippen molar-refractivity contribution in [2.75, 3.05) is 6.61 Å². The molecule has 0 amide bonds. The predicted octanol–water partition coefficient (Wildman–Crippen LogP) is 2.72. The van der Waals surface area contributed by atoms with Crippen LogP contribution in [0.5, 0.6) is 0 Å². The summed E-state index contributed by atoms with van der Waals surface area (Å²) >= 11 is 0. The lowest BCUT2D eigenvalue weighted by atomic mass is 10.1. The number of alkyl halides is 3. The molecule has 0 unspecified atom stereocenters. The normalized spacial score (nSPS) is 11.2. The maximum atomic E-state index is 12.4. The summed E-state index contributed by atoms with van der Waals surface area (Å²) in [7, 11) is 0. The van der Waals surface area contributed by atoms with Gasteiger partial charge in [-0.3, -0.25) is 14.9 Å². The number of carbonyl (C=O) groups is 1. The average molecular weight is 277 g/mol. The summed E-state index contributed by atoms with van der Waals surface area (Å²) in [5.41, 5.74) is -1.64. The van der Waals surface area contributed by atoms with Crippen molar-refractivity contribution < 1.29 is 27.6 Å². The van der Waals surface area contributed by atoms with Gasteiger partial charge in [0.1, 0.15) is 0 Å². The number of halogens is 3. The molecule has 5 nitrogen and oxygen atoms in total. The Morgan fingerprint density at radius 2 is 2.05 bits per heavy atom. The van der Waals surface area contributed by atoms with Crippen molar-refractivity contribution in [2.45, 2.75) is 19.5 Å². The molecule has 8 heteroatoms. The topological polar surface area (TPSA) is 69.4 Å². The molecule has 0 N–H and O–H groups in total. The van der Waals surface area contributed by atoms with Crippen LogP contribution in [0.25, 0.3) is 0 Å². The molecule has 1 rings (SSSR count). The summed E-state index contributed by atoms with van der Waals surface area (Å²) in [6, 6.07) is 2.25. The van der Waals surface area contributed by atoms with Crippen molar-refractivity contribution in [2.24, 2.45) is 0 Å². The van der Waals surface area contributed by atoms with Crippen LogP contribution in [0.2, 0.25) is 0 Å². The van der Waals surface area contributed by atoms with Gasteiger partial charge in [0.25, 0.3) is 5.69 Å². The fourth-order valence-electron chi connectivity index (χ4n) is 1.43. The van der Waals surface area contributed by atoms with E-state index in [0.717, 1.165) is 12.1 Å². The minimum atomic E-state index is -4.64. The summed E-state index contributed by atoms with van der Waals surface area (Å²) in [5.74, 6) is -0.561. The second kappa shape index (κ2) is 5.68. The lowest BCUT2D eigenvalue weighted by Crippen LogP contribution is -2.09. The summed E-state index contributed by atoms with van der Waals surface area (Å²) in [6.45, 7) is 1.04. The first-order valence-corrected chi connectivity index (χ1v) is 5.19.